The standard InChI is InChI=1S/C35H35BrO7/c1-20(2)33-16-22(4)35-27(30(33)41-34(42-33,43-35)18-23-8-6-5-7-9-23)15-24(17-32(39)28(35)14-21(3)29(32)37)19-40-31(38)25-10-12-26(36)13-11-25/h5-15,22,27-28,30,39H,1,16-19H2,2-4H3. The number of rotatable bonds is 6. The molecule has 2 heterocycles. The molecule has 8 atom stereocenters. The summed E-state index contributed by atoms with van der Waals surface area (Å²) < 4.78 is 27.5. The second-order valence-electron chi connectivity index (χ2n) is 12.9. The Morgan fingerprint density at radius 2 is 1.84 bits per heavy atom. The maximum atomic E-state index is 13.7. The Labute approximate surface area is 259 Å². The van der Waals surface area contributed by atoms with Crippen LogP contribution in [0.1, 0.15) is 49.5 Å². The van der Waals surface area contributed by atoms with Gasteiger partial charge in [0.25, 0.3) is 5.97 Å². The monoisotopic (exact) mass is 646 g/mol. The summed E-state index contributed by atoms with van der Waals surface area (Å²) in [6.07, 6.45) is 4.33. The Morgan fingerprint density at radius 3 is 2.53 bits per heavy atom. The lowest BCUT2D eigenvalue weighted by molar-refractivity contribution is -0.421. The van der Waals surface area contributed by atoms with E-state index in [2.05, 4.69) is 29.4 Å². The van der Waals surface area contributed by atoms with Crippen LogP contribution >= 0.6 is 15.9 Å². The van der Waals surface area contributed by atoms with Gasteiger partial charge in [-0.2, -0.15) is 0 Å². The van der Waals surface area contributed by atoms with Crippen molar-refractivity contribution in [2.24, 2.45) is 17.8 Å². The van der Waals surface area contributed by atoms with E-state index in [0.29, 0.717) is 29.6 Å². The third-order valence-electron chi connectivity index (χ3n) is 10.2. The van der Waals surface area contributed by atoms with E-state index in [1.165, 1.54) is 0 Å². The van der Waals surface area contributed by atoms with Gasteiger partial charge in [0.2, 0.25) is 0 Å². The fraction of sp³-hybridized carbons (Fsp3) is 0.429. The van der Waals surface area contributed by atoms with Crippen LogP contribution in [0, 0.1) is 17.8 Å². The predicted molar refractivity (Wildman–Crippen MR) is 162 cm³/mol. The molecule has 2 aliphatic heterocycles. The van der Waals surface area contributed by atoms with Crippen LogP contribution in [-0.2, 0) is 30.2 Å². The topological polar surface area (TPSA) is 91.3 Å². The highest BCUT2D eigenvalue weighted by atomic mass is 79.9. The molecular formula is C35H35BrO7. The number of carbonyl (C=O) groups is 2. The van der Waals surface area contributed by atoms with Gasteiger partial charge in [-0.3, -0.25) is 4.79 Å². The summed E-state index contributed by atoms with van der Waals surface area (Å²) in [6.45, 7) is 10.1. The number of ketones is 1. The van der Waals surface area contributed by atoms with E-state index in [4.69, 9.17) is 18.9 Å². The summed E-state index contributed by atoms with van der Waals surface area (Å²) in [6, 6.07) is 16.8. The van der Waals surface area contributed by atoms with Crippen LogP contribution in [0.3, 0.4) is 0 Å². The molecule has 2 aromatic rings. The van der Waals surface area contributed by atoms with Crippen LogP contribution in [0.15, 0.2) is 94.5 Å². The zero-order valence-corrected chi connectivity index (χ0v) is 26.1. The second-order valence-corrected chi connectivity index (χ2v) is 13.8. The molecular weight excluding hydrogens is 612 g/mol. The van der Waals surface area contributed by atoms with Crippen molar-refractivity contribution in [3.63, 3.8) is 0 Å². The smallest absolute Gasteiger partial charge is 0.338 e. The number of benzene rings is 2. The third-order valence-corrected chi connectivity index (χ3v) is 10.7. The van der Waals surface area contributed by atoms with Crippen molar-refractivity contribution in [1.29, 1.82) is 0 Å². The highest BCUT2D eigenvalue weighted by Gasteiger charge is 2.79. The van der Waals surface area contributed by atoms with Crippen LogP contribution in [0.25, 0.3) is 0 Å². The van der Waals surface area contributed by atoms with Crippen LogP contribution in [0.5, 0.6) is 0 Å². The van der Waals surface area contributed by atoms with Crippen molar-refractivity contribution in [3.8, 4) is 0 Å². The van der Waals surface area contributed by atoms with E-state index in [9.17, 15) is 14.7 Å². The molecule has 0 amide bonds. The summed E-state index contributed by atoms with van der Waals surface area (Å²) in [7, 11) is 0. The van der Waals surface area contributed by atoms with Crippen LogP contribution in [0.4, 0.5) is 0 Å². The van der Waals surface area contributed by atoms with Gasteiger partial charge in [-0.25, -0.2) is 4.79 Å². The molecule has 1 saturated carbocycles. The average Bonchev–Trinajstić information content (AvgIpc) is 3.28. The van der Waals surface area contributed by atoms with E-state index in [1.54, 1.807) is 31.2 Å². The molecule has 5 aliphatic rings. The van der Waals surface area contributed by atoms with Gasteiger partial charge in [-0.1, -0.05) is 71.9 Å². The van der Waals surface area contributed by atoms with Gasteiger partial charge in [0.1, 0.15) is 23.9 Å². The molecule has 1 N–H and O–H groups in total. The van der Waals surface area contributed by atoms with Gasteiger partial charge in [-0.05, 0) is 72.7 Å². The molecule has 3 bridgehead atoms. The quantitative estimate of drug-likeness (QED) is 0.310. The SMILES string of the molecule is C=C(C)C12CC(C)C34OC(Cc5ccccc5)(OC1C3C=C(COC(=O)c1ccc(Br)cc1)CC1(O)C(=O)C(C)=CC14)O2. The maximum absolute atomic E-state index is 13.7. The summed E-state index contributed by atoms with van der Waals surface area (Å²) in [5.41, 5.74) is -0.256. The first-order valence-electron chi connectivity index (χ1n) is 14.8. The van der Waals surface area contributed by atoms with Gasteiger partial charge in [0, 0.05) is 22.7 Å². The van der Waals surface area contributed by atoms with Crippen molar-refractivity contribution in [2.75, 3.05) is 6.61 Å². The molecule has 3 aliphatic carbocycles. The van der Waals surface area contributed by atoms with Crippen LogP contribution < -0.4 is 0 Å². The lowest BCUT2D eigenvalue weighted by atomic mass is 9.55. The Morgan fingerprint density at radius 1 is 1.12 bits per heavy atom. The molecule has 43 heavy (non-hydrogen) atoms. The highest BCUT2D eigenvalue weighted by Crippen LogP contribution is 2.68. The third kappa shape index (κ3) is 4.14. The molecule has 224 valence electrons. The van der Waals surface area contributed by atoms with E-state index in [1.807, 2.05) is 49.4 Å². The minimum absolute atomic E-state index is 0.0195. The Bertz CT molecular complexity index is 1580. The van der Waals surface area contributed by atoms with E-state index in [0.717, 1.165) is 15.6 Å². The van der Waals surface area contributed by atoms with Crippen LogP contribution in [0.2, 0.25) is 0 Å². The number of fused-ring (bicyclic) bond motifs is 2. The Hall–Kier alpha value is -2.88. The fourth-order valence-electron chi connectivity index (χ4n) is 8.32. The lowest BCUT2D eigenvalue weighted by Gasteiger charge is -2.59. The first kappa shape index (κ1) is 28.9. The second kappa shape index (κ2) is 9.81. The van der Waals surface area contributed by atoms with Crippen molar-refractivity contribution in [3.05, 3.63) is 106 Å². The lowest BCUT2D eigenvalue weighted by Crippen LogP contribution is -2.70. The number of hydrogen-bond donors (Lipinski definition) is 1. The summed E-state index contributed by atoms with van der Waals surface area (Å²) in [4.78, 5) is 26.7. The number of carbonyl (C=O) groups excluding carboxylic acids is 2. The summed E-state index contributed by atoms with van der Waals surface area (Å²) >= 11 is 3.39. The molecule has 0 radical (unpaired) electrons. The fourth-order valence-corrected chi connectivity index (χ4v) is 8.58. The Kier molecular flexibility index (Phi) is 6.59. The zero-order valence-electron chi connectivity index (χ0n) is 24.5. The predicted octanol–water partition coefficient (Wildman–Crippen LogP) is 5.86. The molecule has 0 spiro atoms. The van der Waals surface area contributed by atoms with Crippen molar-refractivity contribution < 1.29 is 33.6 Å². The molecule has 7 nitrogen and oxygen atoms in total. The molecule has 8 heteroatoms. The van der Waals surface area contributed by atoms with Gasteiger partial charge < -0.3 is 24.1 Å². The molecule has 0 aromatic heterocycles. The van der Waals surface area contributed by atoms with Crippen molar-refractivity contribution in [1.82, 2.24) is 0 Å². The number of halogens is 1. The van der Waals surface area contributed by atoms with Crippen molar-refractivity contribution >= 4 is 27.7 Å². The minimum Gasteiger partial charge on any atom is -0.458 e. The number of aliphatic hydroxyl groups is 1. The van der Waals surface area contributed by atoms with E-state index in [-0.39, 0.29) is 24.7 Å². The number of esters is 1. The normalized spacial score (nSPS) is 39.0. The molecule has 8 unspecified atom stereocenters. The van der Waals surface area contributed by atoms with E-state index >= 15 is 0 Å². The number of ether oxygens (including phenoxy) is 4. The maximum Gasteiger partial charge on any atom is 0.338 e. The summed E-state index contributed by atoms with van der Waals surface area (Å²) in [5.74, 6) is -3.45. The van der Waals surface area contributed by atoms with E-state index < -0.39 is 46.7 Å². The first-order chi connectivity index (χ1) is 20.4. The van der Waals surface area contributed by atoms with Gasteiger partial charge >= 0.3 is 5.97 Å². The van der Waals surface area contributed by atoms with Crippen molar-refractivity contribution in [2.45, 2.75) is 68.9 Å². The molecule has 2 saturated heterocycles. The molecule has 7 rings (SSSR count). The molecule has 2 aromatic carbocycles. The largest absolute Gasteiger partial charge is 0.458 e. The van der Waals surface area contributed by atoms with Gasteiger partial charge in [-0.15, -0.1) is 0 Å². The minimum atomic E-state index is -1.77. The zero-order chi connectivity index (χ0) is 30.4. The summed E-state index contributed by atoms with van der Waals surface area (Å²) in [5, 5.41) is 12.4. The van der Waals surface area contributed by atoms with Gasteiger partial charge in [0.15, 0.2) is 5.78 Å². The highest BCUT2D eigenvalue weighted by molar-refractivity contribution is 9.10. The first-order valence-corrected chi connectivity index (χ1v) is 15.6. The van der Waals surface area contributed by atoms with Crippen LogP contribution in [-0.4, -0.2) is 52.3 Å². The average molecular weight is 648 g/mol. The Balaban J connectivity index is 1.33. The number of Topliss-reactive ketones (excluding diaryl/α,β-unsaturated/α-hetero) is 1. The van der Waals surface area contributed by atoms with Gasteiger partial charge in [0.05, 0.1) is 17.6 Å². The molecule has 3 fully saturated rings. The number of hydrogen-bond acceptors (Lipinski definition) is 7.